The van der Waals surface area contributed by atoms with E-state index < -0.39 is 0 Å². The number of anilines is 1. The number of methoxy groups -OCH3 is 3. The highest BCUT2D eigenvalue weighted by atomic mass is 16.5. The average molecular weight is 339 g/mol. The number of allylic oxidation sites excluding steroid dienone is 1. The van der Waals surface area contributed by atoms with E-state index in [1.165, 1.54) is 27.4 Å². The second-order valence-electron chi connectivity index (χ2n) is 5.34. The lowest BCUT2D eigenvalue weighted by atomic mass is 10.0. The number of benzene rings is 2. The maximum Gasteiger partial charge on any atom is 0.256 e. The molecule has 1 heterocycles. The molecule has 1 aliphatic heterocycles. The summed E-state index contributed by atoms with van der Waals surface area (Å²) in [5, 5.41) is 2.74. The maximum atomic E-state index is 12.7. The molecule has 1 aliphatic rings. The van der Waals surface area contributed by atoms with Crippen LogP contribution in [0.3, 0.4) is 0 Å². The van der Waals surface area contributed by atoms with Gasteiger partial charge in [-0.2, -0.15) is 0 Å². The number of carbonyl (C=O) groups is 2. The molecule has 6 heteroatoms. The number of hydrogen-bond acceptors (Lipinski definition) is 5. The number of hydrogen-bond donors (Lipinski definition) is 1. The van der Waals surface area contributed by atoms with Crippen molar-refractivity contribution >= 4 is 23.0 Å². The van der Waals surface area contributed by atoms with Gasteiger partial charge in [-0.15, -0.1) is 0 Å². The van der Waals surface area contributed by atoms with Crippen LogP contribution in [0.2, 0.25) is 0 Å². The topological polar surface area (TPSA) is 73.9 Å². The number of para-hydroxylation sites is 1. The molecule has 25 heavy (non-hydrogen) atoms. The maximum absolute atomic E-state index is 12.7. The number of ketones is 1. The molecule has 0 atom stereocenters. The van der Waals surface area contributed by atoms with Gasteiger partial charge in [0.1, 0.15) is 0 Å². The third-order valence-electron chi connectivity index (χ3n) is 3.93. The summed E-state index contributed by atoms with van der Waals surface area (Å²) in [5.74, 6) is 0.515. The molecule has 2 aromatic rings. The van der Waals surface area contributed by atoms with Crippen molar-refractivity contribution in [2.24, 2.45) is 0 Å². The van der Waals surface area contributed by atoms with E-state index in [2.05, 4.69) is 5.32 Å². The SMILES string of the molecule is COc1cc(C(=O)C=C2C(=O)Nc3ccccc32)cc(OC)c1OC. The molecule has 3 rings (SSSR count). The minimum Gasteiger partial charge on any atom is -0.493 e. The summed E-state index contributed by atoms with van der Waals surface area (Å²) >= 11 is 0. The summed E-state index contributed by atoms with van der Waals surface area (Å²) < 4.78 is 15.8. The lowest BCUT2D eigenvalue weighted by molar-refractivity contribution is -0.110. The summed E-state index contributed by atoms with van der Waals surface area (Å²) in [6.45, 7) is 0. The summed E-state index contributed by atoms with van der Waals surface area (Å²) in [4.78, 5) is 24.8. The zero-order chi connectivity index (χ0) is 18.0. The molecule has 128 valence electrons. The van der Waals surface area contributed by atoms with Crippen LogP contribution in [0.15, 0.2) is 42.5 Å². The van der Waals surface area contributed by atoms with Crippen LogP contribution in [0, 0.1) is 0 Å². The normalized spacial score (nSPS) is 14.0. The van der Waals surface area contributed by atoms with Crippen molar-refractivity contribution in [3.63, 3.8) is 0 Å². The predicted octanol–water partition coefficient (Wildman–Crippen LogP) is 2.93. The van der Waals surface area contributed by atoms with Gasteiger partial charge in [-0.1, -0.05) is 18.2 Å². The fourth-order valence-electron chi connectivity index (χ4n) is 2.72. The Balaban J connectivity index is 2.03. The number of rotatable bonds is 5. The zero-order valence-electron chi connectivity index (χ0n) is 14.1. The van der Waals surface area contributed by atoms with Crippen molar-refractivity contribution in [3.8, 4) is 17.2 Å². The fraction of sp³-hybridized carbons (Fsp3) is 0.158. The number of fused-ring (bicyclic) bond motifs is 1. The lowest BCUT2D eigenvalue weighted by Gasteiger charge is -2.13. The first-order valence-corrected chi connectivity index (χ1v) is 7.55. The van der Waals surface area contributed by atoms with Crippen LogP contribution in [0.5, 0.6) is 17.2 Å². The molecule has 0 spiro atoms. The van der Waals surface area contributed by atoms with Crippen LogP contribution < -0.4 is 19.5 Å². The highest BCUT2D eigenvalue weighted by Gasteiger charge is 2.25. The van der Waals surface area contributed by atoms with Crippen LogP contribution in [-0.4, -0.2) is 33.0 Å². The van der Waals surface area contributed by atoms with Crippen molar-refractivity contribution in [1.29, 1.82) is 0 Å². The van der Waals surface area contributed by atoms with E-state index in [0.717, 1.165) is 0 Å². The van der Waals surface area contributed by atoms with E-state index in [1.807, 2.05) is 12.1 Å². The smallest absolute Gasteiger partial charge is 0.256 e. The largest absolute Gasteiger partial charge is 0.493 e. The summed E-state index contributed by atoms with van der Waals surface area (Å²) in [7, 11) is 4.44. The summed E-state index contributed by atoms with van der Waals surface area (Å²) in [6.07, 6.45) is 1.32. The van der Waals surface area contributed by atoms with Gasteiger partial charge in [-0.3, -0.25) is 9.59 Å². The average Bonchev–Trinajstić information content (AvgIpc) is 2.95. The molecular formula is C19H17NO5. The molecule has 0 saturated carbocycles. The van der Waals surface area contributed by atoms with Crippen molar-refractivity contribution < 1.29 is 23.8 Å². The minimum atomic E-state index is -0.332. The van der Waals surface area contributed by atoms with Crippen molar-refractivity contribution in [3.05, 3.63) is 53.6 Å². The Labute approximate surface area is 145 Å². The fourth-order valence-corrected chi connectivity index (χ4v) is 2.72. The highest BCUT2D eigenvalue weighted by molar-refractivity contribution is 6.35. The van der Waals surface area contributed by atoms with Crippen LogP contribution >= 0.6 is 0 Å². The Hall–Kier alpha value is -3.28. The highest BCUT2D eigenvalue weighted by Crippen LogP contribution is 2.39. The van der Waals surface area contributed by atoms with Gasteiger partial charge in [0.2, 0.25) is 5.75 Å². The van der Waals surface area contributed by atoms with E-state index in [0.29, 0.717) is 39.6 Å². The van der Waals surface area contributed by atoms with Gasteiger partial charge in [-0.25, -0.2) is 0 Å². The number of ether oxygens (including phenoxy) is 3. The van der Waals surface area contributed by atoms with Gasteiger partial charge >= 0.3 is 0 Å². The molecular weight excluding hydrogens is 322 g/mol. The van der Waals surface area contributed by atoms with E-state index in [-0.39, 0.29) is 11.7 Å². The van der Waals surface area contributed by atoms with Gasteiger partial charge < -0.3 is 19.5 Å². The van der Waals surface area contributed by atoms with Gasteiger partial charge in [0.05, 0.1) is 26.9 Å². The first kappa shape index (κ1) is 16.6. The van der Waals surface area contributed by atoms with Gasteiger partial charge in [-0.05, 0) is 24.3 Å². The third kappa shape index (κ3) is 2.94. The Kier molecular flexibility index (Phi) is 4.43. The molecule has 1 amide bonds. The van der Waals surface area contributed by atoms with E-state index in [1.54, 1.807) is 24.3 Å². The van der Waals surface area contributed by atoms with Crippen LogP contribution in [0.4, 0.5) is 5.69 Å². The Morgan fingerprint density at radius 2 is 1.64 bits per heavy atom. The molecule has 6 nitrogen and oxygen atoms in total. The minimum absolute atomic E-state index is 0.304. The first-order valence-electron chi connectivity index (χ1n) is 7.55. The van der Waals surface area contributed by atoms with Crippen LogP contribution in [0.1, 0.15) is 15.9 Å². The Morgan fingerprint density at radius 1 is 1.00 bits per heavy atom. The van der Waals surface area contributed by atoms with E-state index >= 15 is 0 Å². The van der Waals surface area contributed by atoms with Crippen LogP contribution in [0.25, 0.3) is 5.57 Å². The standard InChI is InChI=1S/C19H17NO5/c1-23-16-8-11(9-17(24-2)18(16)25-3)15(21)10-13-12-6-4-5-7-14(12)20-19(13)22/h4-10H,1-3H3,(H,20,22). The molecule has 0 aromatic heterocycles. The number of carbonyl (C=O) groups excluding carboxylic acids is 2. The summed E-state index contributed by atoms with van der Waals surface area (Å²) in [5.41, 5.74) is 2.05. The molecule has 0 aliphatic carbocycles. The third-order valence-corrected chi connectivity index (χ3v) is 3.93. The van der Waals surface area contributed by atoms with Crippen molar-refractivity contribution in [2.45, 2.75) is 0 Å². The summed E-state index contributed by atoms with van der Waals surface area (Å²) in [6, 6.07) is 10.3. The second kappa shape index (κ2) is 6.68. The first-order chi connectivity index (χ1) is 12.1. The van der Waals surface area contributed by atoms with E-state index in [9.17, 15) is 9.59 Å². The Bertz CT molecular complexity index is 860. The van der Waals surface area contributed by atoms with Gasteiger partial charge in [0, 0.05) is 16.8 Å². The molecule has 0 saturated heterocycles. The zero-order valence-corrected chi connectivity index (χ0v) is 14.1. The molecule has 0 radical (unpaired) electrons. The van der Waals surface area contributed by atoms with Crippen LogP contribution in [-0.2, 0) is 4.79 Å². The lowest BCUT2D eigenvalue weighted by Crippen LogP contribution is -2.06. The Morgan fingerprint density at radius 3 is 2.24 bits per heavy atom. The number of amides is 1. The molecule has 2 aromatic carbocycles. The monoisotopic (exact) mass is 339 g/mol. The molecule has 1 N–H and O–H groups in total. The van der Waals surface area contributed by atoms with Crippen molar-refractivity contribution in [2.75, 3.05) is 26.6 Å². The second-order valence-corrected chi connectivity index (χ2v) is 5.34. The predicted molar refractivity (Wildman–Crippen MR) is 93.5 cm³/mol. The van der Waals surface area contributed by atoms with Gasteiger partial charge in [0.25, 0.3) is 5.91 Å². The quantitative estimate of drug-likeness (QED) is 0.670. The van der Waals surface area contributed by atoms with E-state index in [4.69, 9.17) is 14.2 Å². The van der Waals surface area contributed by atoms with Crippen molar-refractivity contribution in [1.82, 2.24) is 0 Å². The molecule has 0 bridgehead atoms. The van der Waals surface area contributed by atoms with Gasteiger partial charge in [0.15, 0.2) is 17.3 Å². The molecule has 0 unspecified atom stereocenters. The number of nitrogens with one attached hydrogen (secondary N) is 1. The molecule has 0 fully saturated rings.